The lowest BCUT2D eigenvalue weighted by Gasteiger charge is -2.29. The number of ether oxygens (including phenoxy) is 1. The van der Waals surface area contributed by atoms with Crippen LogP contribution < -0.4 is 4.74 Å². The highest BCUT2D eigenvalue weighted by atomic mass is 16.5. The monoisotopic (exact) mass is 275 g/mol. The SMILES string of the molecule is Cc1cc(OCCN2CCC(C)CC2)ccc1C(C)C. The highest BCUT2D eigenvalue weighted by molar-refractivity contribution is 5.36. The van der Waals surface area contributed by atoms with Crippen molar-refractivity contribution in [3.63, 3.8) is 0 Å². The smallest absolute Gasteiger partial charge is 0.119 e. The zero-order valence-electron chi connectivity index (χ0n) is 13.5. The standard InChI is InChI=1S/C18H29NO/c1-14(2)18-6-5-17(13-16(18)4)20-12-11-19-9-7-15(3)8-10-19/h5-6,13-15H,7-12H2,1-4H3. The summed E-state index contributed by atoms with van der Waals surface area (Å²) in [6.45, 7) is 13.3. The molecule has 1 heterocycles. The van der Waals surface area contributed by atoms with Crippen LogP contribution in [-0.2, 0) is 0 Å². The molecule has 1 aromatic carbocycles. The van der Waals surface area contributed by atoms with Gasteiger partial charge >= 0.3 is 0 Å². The van der Waals surface area contributed by atoms with Crippen LogP contribution in [-0.4, -0.2) is 31.1 Å². The minimum absolute atomic E-state index is 0.583. The zero-order chi connectivity index (χ0) is 14.5. The maximum absolute atomic E-state index is 5.91. The number of hydrogen-bond donors (Lipinski definition) is 0. The van der Waals surface area contributed by atoms with Gasteiger partial charge in [0.05, 0.1) is 0 Å². The van der Waals surface area contributed by atoms with Gasteiger partial charge in [0.25, 0.3) is 0 Å². The van der Waals surface area contributed by atoms with E-state index in [1.807, 2.05) is 0 Å². The second-order valence-electron chi connectivity index (χ2n) is 6.55. The first-order chi connectivity index (χ1) is 9.56. The maximum atomic E-state index is 5.91. The summed E-state index contributed by atoms with van der Waals surface area (Å²) in [6, 6.07) is 6.49. The van der Waals surface area contributed by atoms with Crippen LogP contribution in [0.15, 0.2) is 18.2 Å². The van der Waals surface area contributed by atoms with Gasteiger partial charge in [-0.1, -0.05) is 26.8 Å². The quantitative estimate of drug-likeness (QED) is 0.797. The molecule has 1 aliphatic heterocycles. The molecule has 20 heavy (non-hydrogen) atoms. The fourth-order valence-electron chi connectivity index (χ4n) is 2.96. The van der Waals surface area contributed by atoms with Gasteiger partial charge in [-0.15, -0.1) is 0 Å². The fourth-order valence-corrected chi connectivity index (χ4v) is 2.96. The van der Waals surface area contributed by atoms with E-state index in [1.165, 1.54) is 37.1 Å². The Labute approximate surface area is 124 Å². The molecule has 1 saturated heterocycles. The molecule has 1 fully saturated rings. The van der Waals surface area contributed by atoms with Gasteiger partial charge in [0.15, 0.2) is 0 Å². The third kappa shape index (κ3) is 4.24. The van der Waals surface area contributed by atoms with Gasteiger partial charge in [-0.3, -0.25) is 4.90 Å². The number of rotatable bonds is 5. The summed E-state index contributed by atoms with van der Waals surface area (Å²) in [5.41, 5.74) is 2.76. The van der Waals surface area contributed by atoms with E-state index < -0.39 is 0 Å². The van der Waals surface area contributed by atoms with Crippen LogP contribution in [0.2, 0.25) is 0 Å². The summed E-state index contributed by atoms with van der Waals surface area (Å²) in [6.07, 6.45) is 2.67. The normalized spacial score (nSPS) is 17.6. The first-order valence-electron chi connectivity index (χ1n) is 8.02. The average Bonchev–Trinajstić information content (AvgIpc) is 2.41. The van der Waals surface area contributed by atoms with Crippen molar-refractivity contribution in [3.8, 4) is 5.75 Å². The summed E-state index contributed by atoms with van der Waals surface area (Å²) in [5, 5.41) is 0. The number of piperidine rings is 1. The zero-order valence-corrected chi connectivity index (χ0v) is 13.5. The lowest BCUT2D eigenvalue weighted by Crippen LogP contribution is -2.35. The van der Waals surface area contributed by atoms with Crippen LogP contribution in [0.4, 0.5) is 0 Å². The molecule has 2 nitrogen and oxygen atoms in total. The molecule has 0 spiro atoms. The highest BCUT2D eigenvalue weighted by Crippen LogP contribution is 2.23. The second-order valence-corrected chi connectivity index (χ2v) is 6.55. The Morgan fingerprint density at radius 1 is 1.25 bits per heavy atom. The topological polar surface area (TPSA) is 12.5 Å². The van der Waals surface area contributed by atoms with Crippen LogP contribution in [0.25, 0.3) is 0 Å². The third-order valence-electron chi connectivity index (χ3n) is 4.42. The third-order valence-corrected chi connectivity index (χ3v) is 4.42. The van der Waals surface area contributed by atoms with E-state index in [-0.39, 0.29) is 0 Å². The predicted octanol–water partition coefficient (Wildman–Crippen LogP) is 4.23. The summed E-state index contributed by atoms with van der Waals surface area (Å²) in [4.78, 5) is 2.52. The van der Waals surface area contributed by atoms with E-state index in [2.05, 4.69) is 50.8 Å². The Kier molecular flexibility index (Phi) is 5.47. The van der Waals surface area contributed by atoms with Gasteiger partial charge < -0.3 is 4.74 Å². The van der Waals surface area contributed by atoms with Gasteiger partial charge in [-0.05, 0) is 68.0 Å². The second kappa shape index (κ2) is 7.12. The van der Waals surface area contributed by atoms with Gasteiger partial charge in [-0.25, -0.2) is 0 Å². The van der Waals surface area contributed by atoms with Gasteiger partial charge in [0.2, 0.25) is 0 Å². The van der Waals surface area contributed by atoms with Crippen LogP contribution >= 0.6 is 0 Å². The van der Waals surface area contributed by atoms with Crippen molar-refractivity contribution in [1.82, 2.24) is 4.90 Å². The molecule has 0 amide bonds. The molecular weight excluding hydrogens is 246 g/mol. The summed E-state index contributed by atoms with van der Waals surface area (Å²) >= 11 is 0. The number of hydrogen-bond acceptors (Lipinski definition) is 2. The van der Waals surface area contributed by atoms with E-state index >= 15 is 0 Å². The Bertz CT molecular complexity index is 419. The van der Waals surface area contributed by atoms with Gasteiger partial charge in [0.1, 0.15) is 12.4 Å². The summed E-state index contributed by atoms with van der Waals surface area (Å²) in [5.74, 6) is 2.50. The molecule has 2 rings (SSSR count). The Balaban J connectivity index is 1.78. The summed E-state index contributed by atoms with van der Waals surface area (Å²) in [7, 11) is 0. The molecule has 0 N–H and O–H groups in total. The van der Waals surface area contributed by atoms with E-state index in [4.69, 9.17) is 4.74 Å². The maximum Gasteiger partial charge on any atom is 0.119 e. The fraction of sp³-hybridized carbons (Fsp3) is 0.667. The molecule has 112 valence electrons. The minimum atomic E-state index is 0.583. The van der Waals surface area contributed by atoms with Gasteiger partial charge in [-0.2, -0.15) is 0 Å². The van der Waals surface area contributed by atoms with Crippen molar-refractivity contribution >= 4 is 0 Å². The molecule has 0 radical (unpaired) electrons. The van der Waals surface area contributed by atoms with Gasteiger partial charge in [0, 0.05) is 6.54 Å². The van der Waals surface area contributed by atoms with Crippen molar-refractivity contribution in [1.29, 1.82) is 0 Å². The number of aryl methyl sites for hydroxylation is 1. The van der Waals surface area contributed by atoms with Crippen molar-refractivity contribution in [2.24, 2.45) is 5.92 Å². The van der Waals surface area contributed by atoms with E-state index in [0.29, 0.717) is 5.92 Å². The van der Waals surface area contributed by atoms with Crippen molar-refractivity contribution in [3.05, 3.63) is 29.3 Å². The number of likely N-dealkylation sites (tertiary alicyclic amines) is 1. The van der Waals surface area contributed by atoms with Crippen LogP contribution in [0, 0.1) is 12.8 Å². The lowest BCUT2D eigenvalue weighted by molar-refractivity contribution is 0.160. The molecule has 0 aromatic heterocycles. The van der Waals surface area contributed by atoms with E-state index in [1.54, 1.807) is 0 Å². The highest BCUT2D eigenvalue weighted by Gasteiger charge is 2.15. The molecule has 1 aliphatic rings. The number of nitrogens with zero attached hydrogens (tertiary/aromatic N) is 1. The predicted molar refractivity (Wildman–Crippen MR) is 85.6 cm³/mol. The van der Waals surface area contributed by atoms with Crippen molar-refractivity contribution in [2.45, 2.75) is 46.5 Å². The number of benzene rings is 1. The van der Waals surface area contributed by atoms with Crippen molar-refractivity contribution in [2.75, 3.05) is 26.2 Å². The largest absolute Gasteiger partial charge is 0.492 e. The lowest BCUT2D eigenvalue weighted by atomic mass is 9.98. The molecule has 0 saturated carbocycles. The molecule has 1 aromatic rings. The van der Waals surface area contributed by atoms with Crippen LogP contribution in [0.5, 0.6) is 5.75 Å². The van der Waals surface area contributed by atoms with E-state index in [9.17, 15) is 0 Å². The molecule has 0 aliphatic carbocycles. The average molecular weight is 275 g/mol. The van der Waals surface area contributed by atoms with Crippen LogP contribution in [0.3, 0.4) is 0 Å². The Morgan fingerprint density at radius 2 is 1.95 bits per heavy atom. The molecule has 0 atom stereocenters. The van der Waals surface area contributed by atoms with E-state index in [0.717, 1.165) is 24.8 Å². The van der Waals surface area contributed by atoms with Crippen molar-refractivity contribution < 1.29 is 4.74 Å². The minimum Gasteiger partial charge on any atom is -0.492 e. The first-order valence-corrected chi connectivity index (χ1v) is 8.02. The molecule has 0 unspecified atom stereocenters. The molecule has 0 bridgehead atoms. The Morgan fingerprint density at radius 3 is 2.55 bits per heavy atom. The van der Waals surface area contributed by atoms with Crippen LogP contribution in [0.1, 0.15) is 50.7 Å². The molecular formula is C18H29NO. The summed E-state index contributed by atoms with van der Waals surface area (Å²) < 4.78 is 5.91. The molecule has 2 heteroatoms. The Hall–Kier alpha value is -1.02. The first kappa shape index (κ1) is 15.4.